The molecule has 1 fully saturated rings. The van der Waals surface area contributed by atoms with Crippen molar-refractivity contribution < 1.29 is 27.4 Å². The molecule has 0 spiro atoms. The molecule has 2 aromatic carbocycles. The average Bonchev–Trinajstić information content (AvgIpc) is 2.69. The number of alkyl halides is 3. The molecule has 1 amide bonds. The summed E-state index contributed by atoms with van der Waals surface area (Å²) in [6, 6.07) is 9.76. The highest BCUT2D eigenvalue weighted by molar-refractivity contribution is 6.30. The number of nitrogens with zero attached hydrogens (tertiary/aromatic N) is 1. The van der Waals surface area contributed by atoms with E-state index in [9.17, 15) is 18.0 Å². The lowest BCUT2D eigenvalue weighted by molar-refractivity contribution is -0.137. The largest absolute Gasteiger partial charge is 0.481 e. The smallest absolute Gasteiger partial charge is 0.416 e. The Morgan fingerprint density at radius 3 is 2.45 bits per heavy atom. The molecule has 29 heavy (non-hydrogen) atoms. The van der Waals surface area contributed by atoms with Crippen LogP contribution in [0, 0.1) is 0 Å². The highest BCUT2D eigenvalue weighted by Crippen LogP contribution is 2.36. The quantitative estimate of drug-likeness (QED) is 0.756. The lowest BCUT2D eigenvalue weighted by Gasteiger charge is -2.31. The van der Waals surface area contributed by atoms with E-state index in [0.29, 0.717) is 42.8 Å². The molecule has 9 heteroatoms. The summed E-state index contributed by atoms with van der Waals surface area (Å²) in [6.07, 6.45) is -5.45. The lowest BCUT2D eigenvalue weighted by atomic mass is 10.1. The molecule has 1 aliphatic rings. The van der Waals surface area contributed by atoms with Gasteiger partial charge in [0.15, 0.2) is 6.10 Å². The van der Waals surface area contributed by atoms with Crippen LogP contribution in [0.15, 0.2) is 42.5 Å². The Morgan fingerprint density at radius 1 is 1.17 bits per heavy atom. The summed E-state index contributed by atoms with van der Waals surface area (Å²) in [6.45, 7) is 3.48. The minimum absolute atomic E-state index is 0.0817. The number of benzene rings is 2. The molecule has 3 rings (SSSR count). The summed E-state index contributed by atoms with van der Waals surface area (Å²) < 4.78 is 50.4. The number of carbonyl (C=O) groups is 1. The molecule has 5 nitrogen and oxygen atoms in total. The van der Waals surface area contributed by atoms with Crippen molar-refractivity contribution in [3.63, 3.8) is 0 Å². The van der Waals surface area contributed by atoms with Crippen LogP contribution in [-0.2, 0) is 15.7 Å². The molecular formula is C20H20ClF3N2O3. The number of rotatable bonds is 5. The summed E-state index contributed by atoms with van der Waals surface area (Å²) in [5, 5.41) is 3.10. The molecule has 0 radical (unpaired) electrons. The number of carbonyl (C=O) groups excluding carboxylic acids is 1. The van der Waals surface area contributed by atoms with Gasteiger partial charge in [-0.15, -0.1) is 0 Å². The number of hydrogen-bond donors (Lipinski definition) is 1. The van der Waals surface area contributed by atoms with Crippen molar-refractivity contribution >= 4 is 28.9 Å². The lowest BCUT2D eigenvalue weighted by Crippen LogP contribution is -2.37. The third-order valence-corrected chi connectivity index (χ3v) is 4.68. The van der Waals surface area contributed by atoms with Crippen molar-refractivity contribution in [1.82, 2.24) is 0 Å². The third kappa shape index (κ3) is 5.55. The van der Waals surface area contributed by atoms with Gasteiger partial charge in [0.2, 0.25) is 0 Å². The Morgan fingerprint density at radius 2 is 1.83 bits per heavy atom. The monoisotopic (exact) mass is 428 g/mol. The first-order valence-corrected chi connectivity index (χ1v) is 9.39. The number of anilines is 2. The summed E-state index contributed by atoms with van der Waals surface area (Å²) in [4.78, 5) is 14.5. The highest BCUT2D eigenvalue weighted by Gasteiger charge is 2.32. The van der Waals surface area contributed by atoms with E-state index in [-0.39, 0.29) is 5.69 Å². The van der Waals surface area contributed by atoms with Gasteiger partial charge >= 0.3 is 6.18 Å². The van der Waals surface area contributed by atoms with Crippen molar-refractivity contribution in [3.05, 3.63) is 53.1 Å². The first-order chi connectivity index (χ1) is 13.7. The summed E-state index contributed by atoms with van der Waals surface area (Å²) in [7, 11) is 0. The maximum absolute atomic E-state index is 13.2. The maximum Gasteiger partial charge on any atom is 0.416 e. The zero-order valence-corrected chi connectivity index (χ0v) is 16.4. The van der Waals surface area contributed by atoms with Crippen molar-refractivity contribution in [2.45, 2.75) is 19.2 Å². The van der Waals surface area contributed by atoms with E-state index in [4.69, 9.17) is 21.1 Å². The number of hydrogen-bond acceptors (Lipinski definition) is 4. The third-order valence-electron chi connectivity index (χ3n) is 4.43. The number of amides is 1. The van der Waals surface area contributed by atoms with E-state index in [1.807, 2.05) is 4.90 Å². The molecule has 1 heterocycles. The fourth-order valence-corrected chi connectivity index (χ4v) is 3.02. The molecule has 0 bridgehead atoms. The van der Waals surface area contributed by atoms with Crippen LogP contribution < -0.4 is 15.0 Å². The van der Waals surface area contributed by atoms with Crippen molar-refractivity contribution in [1.29, 1.82) is 0 Å². The predicted octanol–water partition coefficient (Wildman–Crippen LogP) is 4.60. The zero-order chi connectivity index (χ0) is 21.0. The Kier molecular flexibility index (Phi) is 6.54. The number of nitrogens with one attached hydrogen (secondary N) is 1. The second-order valence-electron chi connectivity index (χ2n) is 6.53. The second kappa shape index (κ2) is 8.92. The minimum Gasteiger partial charge on any atom is -0.481 e. The van der Waals surface area contributed by atoms with Crippen molar-refractivity contribution in [2.75, 3.05) is 36.5 Å². The van der Waals surface area contributed by atoms with Crippen LogP contribution in [0.3, 0.4) is 0 Å². The van der Waals surface area contributed by atoms with Crippen molar-refractivity contribution in [3.8, 4) is 5.75 Å². The number of halogens is 4. The van der Waals surface area contributed by atoms with Gasteiger partial charge in [-0.1, -0.05) is 11.6 Å². The van der Waals surface area contributed by atoms with Crippen LogP contribution in [0.2, 0.25) is 5.02 Å². The standard InChI is InChI=1S/C20H20ClF3N2O3/c1-13(29-16-5-3-15(21)4-6-16)19(27)25-17-12-14(20(22,23)24)2-7-18(17)26-8-10-28-11-9-26/h2-7,12-13H,8-11H2,1H3,(H,25,27)/t13-/m0/s1. The van der Waals surface area contributed by atoms with E-state index in [2.05, 4.69) is 5.32 Å². The van der Waals surface area contributed by atoms with Gasteiger partial charge in [-0.3, -0.25) is 4.79 Å². The van der Waals surface area contributed by atoms with Crippen LogP contribution in [0.25, 0.3) is 0 Å². The van der Waals surface area contributed by atoms with Crippen LogP contribution in [-0.4, -0.2) is 38.3 Å². The molecule has 0 unspecified atom stereocenters. The molecular weight excluding hydrogens is 409 g/mol. The summed E-state index contributed by atoms with van der Waals surface area (Å²) in [5.41, 5.74) is -0.247. The van der Waals surface area contributed by atoms with E-state index < -0.39 is 23.8 Å². The Bertz CT molecular complexity index is 853. The first-order valence-electron chi connectivity index (χ1n) is 9.01. The van der Waals surface area contributed by atoms with Gasteiger partial charge < -0.3 is 19.7 Å². The van der Waals surface area contributed by atoms with Crippen molar-refractivity contribution in [2.24, 2.45) is 0 Å². The van der Waals surface area contributed by atoms with E-state index >= 15 is 0 Å². The Hall–Kier alpha value is -2.45. The molecule has 0 aromatic heterocycles. The van der Waals surface area contributed by atoms with Gasteiger partial charge in [-0.2, -0.15) is 13.2 Å². The van der Waals surface area contributed by atoms with Crippen LogP contribution in [0.4, 0.5) is 24.5 Å². The summed E-state index contributed by atoms with van der Waals surface area (Å²) >= 11 is 5.82. The number of ether oxygens (including phenoxy) is 2. The fourth-order valence-electron chi connectivity index (χ4n) is 2.90. The normalized spacial score (nSPS) is 15.7. The Labute approximate surface area is 171 Å². The van der Waals surface area contributed by atoms with E-state index in [1.54, 1.807) is 24.3 Å². The van der Waals surface area contributed by atoms with Crippen LogP contribution >= 0.6 is 11.6 Å². The fraction of sp³-hybridized carbons (Fsp3) is 0.350. The van der Waals surface area contributed by atoms with Gasteiger partial charge in [-0.25, -0.2) is 0 Å². The molecule has 0 saturated carbocycles. The van der Waals surface area contributed by atoms with E-state index in [0.717, 1.165) is 12.1 Å². The van der Waals surface area contributed by atoms with Gasteiger partial charge in [-0.05, 0) is 49.4 Å². The predicted molar refractivity (Wildman–Crippen MR) is 105 cm³/mol. The van der Waals surface area contributed by atoms with Gasteiger partial charge in [0.1, 0.15) is 5.75 Å². The topological polar surface area (TPSA) is 50.8 Å². The Balaban J connectivity index is 1.80. The van der Waals surface area contributed by atoms with Gasteiger partial charge in [0.05, 0.1) is 30.2 Å². The molecule has 156 valence electrons. The summed E-state index contributed by atoms with van der Waals surface area (Å²) in [5.74, 6) is -0.136. The number of morpholine rings is 1. The molecule has 0 aliphatic carbocycles. The molecule has 1 atom stereocenters. The molecule has 1 saturated heterocycles. The minimum atomic E-state index is -4.52. The first kappa shape index (κ1) is 21.3. The molecule has 1 aliphatic heterocycles. The average molecular weight is 429 g/mol. The highest BCUT2D eigenvalue weighted by atomic mass is 35.5. The van der Waals surface area contributed by atoms with Gasteiger partial charge in [0.25, 0.3) is 5.91 Å². The molecule has 1 N–H and O–H groups in total. The molecule has 2 aromatic rings. The SMILES string of the molecule is C[C@H](Oc1ccc(Cl)cc1)C(=O)Nc1cc(C(F)(F)F)ccc1N1CCOCC1. The van der Waals surface area contributed by atoms with Crippen LogP contribution in [0.1, 0.15) is 12.5 Å². The maximum atomic E-state index is 13.2. The zero-order valence-electron chi connectivity index (χ0n) is 15.6. The second-order valence-corrected chi connectivity index (χ2v) is 6.97. The van der Waals surface area contributed by atoms with Gasteiger partial charge in [0, 0.05) is 18.1 Å². The van der Waals surface area contributed by atoms with Crippen LogP contribution in [0.5, 0.6) is 5.75 Å². The van der Waals surface area contributed by atoms with E-state index in [1.165, 1.54) is 13.0 Å².